The third-order valence-electron chi connectivity index (χ3n) is 3.16. The number of amides is 2. The number of hydrogen-bond donors (Lipinski definition) is 3. The molecule has 0 saturated heterocycles. The molecule has 2 rings (SSSR count). The number of carbonyl (C=O) groups is 1. The van der Waals surface area contributed by atoms with Crippen LogP contribution in [0.5, 0.6) is 5.75 Å². The minimum Gasteiger partial charge on any atom is -0.497 e. The molecule has 1 atom stereocenters. The third-order valence-corrected chi connectivity index (χ3v) is 4.16. The fourth-order valence-electron chi connectivity index (χ4n) is 1.82. The number of nitrogens with one attached hydrogen (secondary N) is 2. The lowest BCUT2D eigenvalue weighted by atomic mass is 9.99. The van der Waals surface area contributed by atoms with E-state index in [0.717, 1.165) is 5.56 Å². The summed E-state index contributed by atoms with van der Waals surface area (Å²) in [5.74, 6) is 0.608. The molecule has 2 aromatic rings. The van der Waals surface area contributed by atoms with Gasteiger partial charge in [-0.2, -0.15) is 11.3 Å². The van der Waals surface area contributed by atoms with E-state index in [0.29, 0.717) is 16.5 Å². The number of hydrogen-bond acceptors (Lipinski definition) is 4. The Morgan fingerprint density at radius 3 is 2.82 bits per heavy atom. The molecule has 22 heavy (non-hydrogen) atoms. The fourth-order valence-corrected chi connectivity index (χ4v) is 2.82. The van der Waals surface area contributed by atoms with Crippen LogP contribution in [0.4, 0.5) is 10.5 Å². The van der Waals surface area contributed by atoms with Crippen molar-refractivity contribution in [3.63, 3.8) is 0 Å². The monoisotopic (exact) mass is 340 g/mol. The van der Waals surface area contributed by atoms with E-state index >= 15 is 0 Å². The number of urea groups is 1. The second-order valence-electron chi connectivity index (χ2n) is 4.94. The summed E-state index contributed by atoms with van der Waals surface area (Å²) in [5, 5.41) is 19.7. The largest absolute Gasteiger partial charge is 0.497 e. The summed E-state index contributed by atoms with van der Waals surface area (Å²) in [7, 11) is 1.54. The van der Waals surface area contributed by atoms with Crippen molar-refractivity contribution in [3.05, 3.63) is 45.6 Å². The standard InChI is InChI=1S/C15H17ClN2O3S/c1-15(20,10-5-6-22-8-10)9-17-14(19)18-13-4-3-11(21-2)7-12(13)16/h3-8,20H,9H2,1-2H3,(H2,17,18,19). The van der Waals surface area contributed by atoms with Crippen LogP contribution in [0.1, 0.15) is 12.5 Å². The van der Waals surface area contributed by atoms with Crippen molar-refractivity contribution >= 4 is 34.7 Å². The topological polar surface area (TPSA) is 70.6 Å². The summed E-state index contributed by atoms with van der Waals surface area (Å²) in [4.78, 5) is 11.9. The van der Waals surface area contributed by atoms with Gasteiger partial charge in [-0.1, -0.05) is 11.6 Å². The molecule has 0 aliphatic heterocycles. The van der Waals surface area contributed by atoms with Gasteiger partial charge in [0, 0.05) is 6.07 Å². The van der Waals surface area contributed by atoms with Gasteiger partial charge in [0.05, 0.1) is 24.4 Å². The van der Waals surface area contributed by atoms with Crippen molar-refractivity contribution in [2.45, 2.75) is 12.5 Å². The van der Waals surface area contributed by atoms with Crippen LogP contribution in [0.2, 0.25) is 5.02 Å². The first kappa shape index (κ1) is 16.6. The lowest BCUT2D eigenvalue weighted by Gasteiger charge is -2.23. The third kappa shape index (κ3) is 4.13. The van der Waals surface area contributed by atoms with Crippen molar-refractivity contribution in [1.29, 1.82) is 0 Å². The molecule has 0 aliphatic rings. The second kappa shape index (κ2) is 7.00. The molecular formula is C15H17ClN2O3S. The van der Waals surface area contributed by atoms with Crippen LogP contribution in [0.15, 0.2) is 35.0 Å². The van der Waals surface area contributed by atoms with Crippen molar-refractivity contribution in [2.75, 3.05) is 19.0 Å². The summed E-state index contributed by atoms with van der Waals surface area (Å²) >= 11 is 7.54. The zero-order valence-electron chi connectivity index (χ0n) is 12.2. The van der Waals surface area contributed by atoms with E-state index in [-0.39, 0.29) is 6.54 Å². The molecule has 3 N–H and O–H groups in total. The first-order valence-corrected chi connectivity index (χ1v) is 7.88. The van der Waals surface area contributed by atoms with Crippen molar-refractivity contribution < 1.29 is 14.6 Å². The molecule has 0 radical (unpaired) electrons. The van der Waals surface area contributed by atoms with Crippen LogP contribution in [0.3, 0.4) is 0 Å². The Bertz CT molecular complexity index is 644. The number of halogens is 1. The average Bonchev–Trinajstić information content (AvgIpc) is 3.02. The number of benzene rings is 1. The van der Waals surface area contributed by atoms with Crippen LogP contribution in [0, 0.1) is 0 Å². The van der Waals surface area contributed by atoms with Gasteiger partial charge >= 0.3 is 6.03 Å². The quantitative estimate of drug-likeness (QED) is 0.780. The van der Waals surface area contributed by atoms with Crippen LogP contribution in [-0.4, -0.2) is 24.8 Å². The minimum atomic E-state index is -1.12. The Hall–Kier alpha value is -1.76. The smallest absolute Gasteiger partial charge is 0.319 e. The van der Waals surface area contributed by atoms with Crippen molar-refractivity contribution in [1.82, 2.24) is 5.32 Å². The van der Waals surface area contributed by atoms with E-state index in [2.05, 4.69) is 10.6 Å². The average molecular weight is 341 g/mol. The van der Waals surface area contributed by atoms with Gasteiger partial charge < -0.3 is 20.5 Å². The lowest BCUT2D eigenvalue weighted by Crippen LogP contribution is -2.40. The Kier molecular flexibility index (Phi) is 5.28. The second-order valence-corrected chi connectivity index (χ2v) is 6.13. The zero-order valence-corrected chi connectivity index (χ0v) is 13.8. The lowest BCUT2D eigenvalue weighted by molar-refractivity contribution is 0.0604. The highest BCUT2D eigenvalue weighted by Gasteiger charge is 2.24. The van der Waals surface area contributed by atoms with E-state index in [4.69, 9.17) is 16.3 Å². The molecule has 0 fully saturated rings. The molecular weight excluding hydrogens is 324 g/mol. The summed E-state index contributed by atoms with van der Waals surface area (Å²) in [6.07, 6.45) is 0. The van der Waals surface area contributed by atoms with Gasteiger partial charge in [-0.25, -0.2) is 4.79 Å². The van der Waals surface area contributed by atoms with Crippen molar-refractivity contribution in [3.8, 4) is 5.75 Å². The van der Waals surface area contributed by atoms with Crippen LogP contribution in [0.25, 0.3) is 0 Å². The summed E-state index contributed by atoms with van der Waals surface area (Å²) in [5.41, 5.74) is 0.108. The molecule has 1 aromatic carbocycles. The van der Waals surface area contributed by atoms with E-state index < -0.39 is 11.6 Å². The van der Waals surface area contributed by atoms with Gasteiger partial charge in [0.25, 0.3) is 0 Å². The maximum atomic E-state index is 11.9. The predicted octanol–water partition coefficient (Wildman–Crippen LogP) is 3.44. The maximum Gasteiger partial charge on any atom is 0.319 e. The molecule has 1 heterocycles. The molecule has 1 aromatic heterocycles. The van der Waals surface area contributed by atoms with E-state index in [9.17, 15) is 9.90 Å². The van der Waals surface area contributed by atoms with Crippen LogP contribution < -0.4 is 15.4 Å². The molecule has 7 heteroatoms. The first-order chi connectivity index (χ1) is 10.4. The summed E-state index contributed by atoms with van der Waals surface area (Å²) in [6, 6.07) is 6.34. The molecule has 5 nitrogen and oxygen atoms in total. The number of thiophene rings is 1. The van der Waals surface area contributed by atoms with E-state index in [1.165, 1.54) is 18.4 Å². The Balaban J connectivity index is 1.93. The van der Waals surface area contributed by atoms with Gasteiger partial charge in [0.1, 0.15) is 11.4 Å². The highest BCUT2D eigenvalue weighted by molar-refractivity contribution is 7.08. The van der Waals surface area contributed by atoms with Crippen LogP contribution >= 0.6 is 22.9 Å². The van der Waals surface area contributed by atoms with Gasteiger partial charge in [0.15, 0.2) is 0 Å². The highest BCUT2D eigenvalue weighted by Crippen LogP contribution is 2.26. The number of carbonyl (C=O) groups excluding carboxylic acids is 1. The molecule has 1 unspecified atom stereocenters. The predicted molar refractivity (Wildman–Crippen MR) is 88.9 cm³/mol. The number of rotatable bonds is 5. The Labute approximate surface area is 137 Å². The number of aliphatic hydroxyl groups is 1. The summed E-state index contributed by atoms with van der Waals surface area (Å²) < 4.78 is 5.04. The first-order valence-electron chi connectivity index (χ1n) is 6.56. The molecule has 0 aliphatic carbocycles. The van der Waals surface area contributed by atoms with Crippen LogP contribution in [-0.2, 0) is 5.60 Å². The number of methoxy groups -OCH3 is 1. The van der Waals surface area contributed by atoms with Gasteiger partial charge in [-0.3, -0.25) is 0 Å². The molecule has 0 saturated carbocycles. The SMILES string of the molecule is COc1ccc(NC(=O)NCC(C)(O)c2ccsc2)c(Cl)c1. The highest BCUT2D eigenvalue weighted by atomic mass is 35.5. The Morgan fingerprint density at radius 1 is 1.45 bits per heavy atom. The zero-order chi connectivity index (χ0) is 16.2. The van der Waals surface area contributed by atoms with Gasteiger partial charge in [-0.15, -0.1) is 0 Å². The minimum absolute atomic E-state index is 0.0866. The van der Waals surface area contributed by atoms with E-state index in [1.54, 1.807) is 25.1 Å². The number of ether oxygens (including phenoxy) is 1. The summed E-state index contributed by atoms with van der Waals surface area (Å²) in [6.45, 7) is 1.74. The van der Waals surface area contributed by atoms with Gasteiger partial charge in [0.2, 0.25) is 0 Å². The Morgan fingerprint density at radius 2 is 2.23 bits per heavy atom. The molecule has 118 valence electrons. The maximum absolute atomic E-state index is 11.9. The van der Waals surface area contributed by atoms with E-state index in [1.807, 2.05) is 16.8 Å². The van der Waals surface area contributed by atoms with Gasteiger partial charge in [-0.05, 0) is 41.4 Å². The molecule has 2 amide bonds. The number of anilines is 1. The van der Waals surface area contributed by atoms with Crippen molar-refractivity contribution in [2.24, 2.45) is 0 Å². The molecule has 0 spiro atoms. The normalized spacial score (nSPS) is 13.3. The fraction of sp³-hybridized carbons (Fsp3) is 0.267. The molecule has 0 bridgehead atoms.